The number of amides is 3. The molecular weight excluding hydrogens is 446 g/mol. The number of carbonyl (C=O) groups is 3. The fourth-order valence-electron chi connectivity index (χ4n) is 2.90. The Kier molecular flexibility index (Phi) is 11.1. The molecule has 2 aromatic carbocycles. The van der Waals surface area contributed by atoms with Crippen LogP contribution in [-0.4, -0.2) is 54.7 Å². The summed E-state index contributed by atoms with van der Waals surface area (Å²) < 4.78 is 10.4. The maximum atomic E-state index is 12.8. The summed E-state index contributed by atoms with van der Waals surface area (Å²) in [6.07, 6.45) is 0.700. The fraction of sp³-hybridized carbons (Fsp3) is 0.348. The summed E-state index contributed by atoms with van der Waals surface area (Å²) in [5.74, 6) is 0.613. The summed E-state index contributed by atoms with van der Waals surface area (Å²) in [7, 11) is 2.99. The molecule has 0 saturated heterocycles. The first-order chi connectivity index (χ1) is 16.0. The molecule has 0 bridgehead atoms. The van der Waals surface area contributed by atoms with E-state index in [1.165, 1.54) is 26.0 Å². The molecule has 4 N–H and O–H groups in total. The van der Waals surface area contributed by atoms with Crippen molar-refractivity contribution in [1.29, 1.82) is 0 Å². The molecule has 0 aliphatic rings. The number of hydrogen-bond acceptors (Lipinski definition) is 7. The Hall–Kier alpha value is -3.24. The van der Waals surface area contributed by atoms with E-state index in [9.17, 15) is 14.4 Å². The lowest BCUT2D eigenvalue weighted by molar-refractivity contribution is -0.129. The van der Waals surface area contributed by atoms with Crippen molar-refractivity contribution in [2.24, 2.45) is 0 Å². The molecule has 2 aromatic rings. The van der Waals surface area contributed by atoms with Crippen LogP contribution in [0.25, 0.3) is 0 Å². The molecule has 10 heteroatoms. The first-order valence-electron chi connectivity index (χ1n) is 10.3. The Morgan fingerprint density at radius 2 is 1.76 bits per heavy atom. The molecule has 0 aromatic heterocycles. The monoisotopic (exact) mass is 475 g/mol. The average Bonchev–Trinajstić information content (AvgIpc) is 2.86. The number of methoxy groups -OCH3 is 2. The highest BCUT2D eigenvalue weighted by Crippen LogP contribution is 2.27. The van der Waals surface area contributed by atoms with E-state index in [0.717, 1.165) is 5.56 Å². The number of hydrogen-bond donors (Lipinski definition) is 4. The highest BCUT2D eigenvalue weighted by Gasteiger charge is 2.22. The van der Waals surface area contributed by atoms with Gasteiger partial charge < -0.3 is 20.1 Å². The van der Waals surface area contributed by atoms with Crippen LogP contribution >= 0.6 is 11.8 Å². The summed E-state index contributed by atoms with van der Waals surface area (Å²) in [5, 5.41) is 14.2. The van der Waals surface area contributed by atoms with Crippen molar-refractivity contribution in [3.8, 4) is 11.5 Å². The van der Waals surface area contributed by atoms with Crippen molar-refractivity contribution in [3.63, 3.8) is 0 Å². The van der Waals surface area contributed by atoms with Crippen LogP contribution in [0.1, 0.15) is 28.8 Å². The first-order valence-corrected chi connectivity index (χ1v) is 11.5. The topological polar surface area (TPSA) is 126 Å². The van der Waals surface area contributed by atoms with Crippen LogP contribution in [0.3, 0.4) is 0 Å². The SMILES string of the molecule is COc1ccc(C(=O)N[C@@H](CSCCCC(=O)NO)C(=O)NCc2ccccc2)cc1OC. The third-order valence-corrected chi connectivity index (χ3v) is 5.83. The summed E-state index contributed by atoms with van der Waals surface area (Å²) in [5.41, 5.74) is 2.86. The van der Waals surface area contributed by atoms with Gasteiger partial charge in [0.1, 0.15) is 6.04 Å². The number of rotatable bonds is 13. The van der Waals surface area contributed by atoms with Crippen molar-refractivity contribution < 1.29 is 29.1 Å². The molecule has 1 atom stereocenters. The van der Waals surface area contributed by atoms with Gasteiger partial charge in [0.05, 0.1) is 14.2 Å². The van der Waals surface area contributed by atoms with Gasteiger partial charge in [0.25, 0.3) is 5.91 Å². The van der Waals surface area contributed by atoms with Crippen LogP contribution in [0.4, 0.5) is 0 Å². The minimum absolute atomic E-state index is 0.173. The molecule has 33 heavy (non-hydrogen) atoms. The Morgan fingerprint density at radius 1 is 1.03 bits per heavy atom. The Balaban J connectivity index is 2.02. The number of benzene rings is 2. The molecule has 178 valence electrons. The summed E-state index contributed by atoms with van der Waals surface area (Å²) in [6, 6.07) is 13.4. The van der Waals surface area contributed by atoms with Crippen LogP contribution in [0.5, 0.6) is 11.5 Å². The number of hydroxylamine groups is 1. The van der Waals surface area contributed by atoms with Gasteiger partial charge in [-0.1, -0.05) is 30.3 Å². The number of thioether (sulfide) groups is 1. The smallest absolute Gasteiger partial charge is 0.252 e. The molecule has 0 spiro atoms. The third-order valence-electron chi connectivity index (χ3n) is 4.68. The van der Waals surface area contributed by atoms with Crippen LogP contribution < -0.4 is 25.6 Å². The van der Waals surface area contributed by atoms with Gasteiger partial charge in [-0.25, -0.2) is 5.48 Å². The van der Waals surface area contributed by atoms with Crippen molar-refractivity contribution in [2.75, 3.05) is 25.7 Å². The van der Waals surface area contributed by atoms with Crippen LogP contribution in [-0.2, 0) is 16.1 Å². The second-order valence-corrected chi connectivity index (χ2v) is 8.16. The minimum Gasteiger partial charge on any atom is -0.493 e. The van der Waals surface area contributed by atoms with Gasteiger partial charge in [-0.2, -0.15) is 11.8 Å². The van der Waals surface area contributed by atoms with Gasteiger partial charge in [-0.15, -0.1) is 0 Å². The predicted octanol–water partition coefficient (Wildman–Crippen LogP) is 2.14. The molecule has 0 radical (unpaired) electrons. The highest BCUT2D eigenvalue weighted by molar-refractivity contribution is 7.99. The quantitative estimate of drug-likeness (QED) is 0.199. The van der Waals surface area contributed by atoms with E-state index >= 15 is 0 Å². The number of nitrogens with one attached hydrogen (secondary N) is 3. The van der Waals surface area contributed by atoms with Crippen molar-refractivity contribution in [1.82, 2.24) is 16.1 Å². The lowest BCUT2D eigenvalue weighted by Crippen LogP contribution is -2.48. The zero-order valence-electron chi connectivity index (χ0n) is 18.6. The van der Waals surface area contributed by atoms with Gasteiger partial charge in [-0.3, -0.25) is 19.6 Å². The predicted molar refractivity (Wildman–Crippen MR) is 126 cm³/mol. The molecular formula is C23H29N3O6S. The second kappa shape index (κ2) is 14.0. The van der Waals surface area contributed by atoms with Crippen molar-refractivity contribution >= 4 is 29.5 Å². The molecule has 9 nitrogen and oxygen atoms in total. The van der Waals surface area contributed by atoms with Gasteiger partial charge in [-0.05, 0) is 35.9 Å². The summed E-state index contributed by atoms with van der Waals surface area (Å²) in [4.78, 5) is 36.8. The van der Waals surface area contributed by atoms with Gasteiger partial charge in [0.15, 0.2) is 11.5 Å². The molecule has 0 saturated carbocycles. The van der Waals surface area contributed by atoms with Crippen LogP contribution in [0.15, 0.2) is 48.5 Å². The van der Waals surface area contributed by atoms with E-state index in [0.29, 0.717) is 41.5 Å². The van der Waals surface area contributed by atoms with Crippen LogP contribution in [0, 0.1) is 0 Å². The Bertz CT molecular complexity index is 926. The van der Waals surface area contributed by atoms with E-state index in [1.807, 2.05) is 30.3 Å². The van der Waals surface area contributed by atoms with Crippen molar-refractivity contribution in [2.45, 2.75) is 25.4 Å². The maximum Gasteiger partial charge on any atom is 0.252 e. The van der Waals surface area contributed by atoms with E-state index < -0.39 is 17.9 Å². The van der Waals surface area contributed by atoms with E-state index in [1.54, 1.807) is 23.7 Å². The molecule has 0 heterocycles. The molecule has 0 fully saturated rings. The lowest BCUT2D eigenvalue weighted by Gasteiger charge is -2.19. The van der Waals surface area contributed by atoms with E-state index in [2.05, 4.69) is 10.6 Å². The fourth-order valence-corrected chi connectivity index (χ4v) is 3.89. The summed E-state index contributed by atoms with van der Waals surface area (Å²) >= 11 is 1.43. The molecule has 2 rings (SSSR count). The van der Waals surface area contributed by atoms with Gasteiger partial charge in [0, 0.05) is 24.3 Å². The van der Waals surface area contributed by atoms with Gasteiger partial charge >= 0.3 is 0 Å². The highest BCUT2D eigenvalue weighted by atomic mass is 32.2. The van der Waals surface area contributed by atoms with Gasteiger partial charge in [0.2, 0.25) is 11.8 Å². The normalized spacial score (nSPS) is 11.2. The standard InChI is InChI=1S/C23H29N3O6S/c1-31-19-11-10-17(13-20(19)32-2)22(28)25-18(15-33-12-6-9-21(27)26-30)23(29)24-14-16-7-4-3-5-8-16/h3-5,7-8,10-11,13,18,30H,6,9,12,14-15H2,1-2H3,(H,24,29)(H,25,28)(H,26,27)/t18-/m0/s1. The van der Waals surface area contributed by atoms with E-state index in [-0.39, 0.29) is 12.3 Å². The third kappa shape index (κ3) is 8.66. The maximum absolute atomic E-state index is 12.8. The zero-order chi connectivity index (χ0) is 24.1. The molecule has 0 aliphatic carbocycles. The van der Waals surface area contributed by atoms with Crippen LogP contribution in [0.2, 0.25) is 0 Å². The number of ether oxygens (including phenoxy) is 2. The lowest BCUT2D eigenvalue weighted by atomic mass is 10.1. The van der Waals surface area contributed by atoms with E-state index in [4.69, 9.17) is 14.7 Å². The largest absolute Gasteiger partial charge is 0.493 e. The number of carbonyl (C=O) groups excluding carboxylic acids is 3. The Labute approximate surface area is 197 Å². The second-order valence-electron chi connectivity index (χ2n) is 7.01. The summed E-state index contributed by atoms with van der Waals surface area (Å²) in [6.45, 7) is 0.337. The molecule has 3 amide bonds. The average molecular weight is 476 g/mol. The Morgan fingerprint density at radius 3 is 2.42 bits per heavy atom. The first kappa shape index (κ1) is 26.0. The minimum atomic E-state index is -0.786. The zero-order valence-corrected chi connectivity index (χ0v) is 19.4. The molecule has 0 unspecified atom stereocenters. The van der Waals surface area contributed by atoms with Crippen molar-refractivity contribution in [3.05, 3.63) is 59.7 Å². The molecule has 0 aliphatic heterocycles.